The van der Waals surface area contributed by atoms with Crippen LogP contribution in [0.5, 0.6) is 0 Å². The van der Waals surface area contributed by atoms with E-state index in [2.05, 4.69) is 4.74 Å². The molecule has 2 rings (SSSR count). The monoisotopic (exact) mass is 442 g/mol. The van der Waals surface area contributed by atoms with E-state index in [1.54, 1.807) is 0 Å². The third-order valence-electron chi connectivity index (χ3n) is 4.58. The minimum absolute atomic E-state index is 0.385. The van der Waals surface area contributed by atoms with Crippen LogP contribution in [-0.2, 0) is 19.7 Å². The maximum Gasteiger partial charge on any atom is 0.406 e. The molecule has 166 valence electrons. The number of ether oxygens (including phenoxy) is 1. The van der Waals surface area contributed by atoms with E-state index < -0.39 is 57.9 Å². The molecule has 0 aromatic heterocycles. The van der Waals surface area contributed by atoms with Gasteiger partial charge in [-0.1, -0.05) is 42.5 Å². The van der Waals surface area contributed by atoms with Gasteiger partial charge in [0.25, 0.3) is 0 Å². The van der Waals surface area contributed by atoms with Crippen LogP contribution in [0.15, 0.2) is 54.6 Å². The first-order valence-corrected chi connectivity index (χ1v) is 9.00. The minimum Gasteiger partial charge on any atom is -0.465 e. The highest BCUT2D eigenvalue weighted by atomic mass is 19.4. The van der Waals surface area contributed by atoms with Crippen LogP contribution in [0.4, 0.5) is 23.2 Å². The topological polar surface area (TPSA) is 98.5 Å². The molecule has 1 amide bonds. The van der Waals surface area contributed by atoms with Crippen molar-refractivity contribution in [1.29, 1.82) is 0 Å². The zero-order valence-electron chi connectivity index (χ0n) is 16.2. The molecule has 1 N–H and O–H groups in total. The maximum absolute atomic E-state index is 14.5. The van der Waals surface area contributed by atoms with Gasteiger partial charge in [0.2, 0.25) is 12.5 Å². The summed E-state index contributed by atoms with van der Waals surface area (Å²) in [6.45, 7) is -0.910. The molecular formula is C20H18F4N2O5. The average Bonchev–Trinajstić information content (AvgIpc) is 2.69. The zero-order chi connectivity index (χ0) is 23.2. The summed E-state index contributed by atoms with van der Waals surface area (Å²) in [5, 5.41) is 13.2. The number of anilines is 1. The van der Waals surface area contributed by atoms with Crippen LogP contribution in [0.1, 0.15) is 12.5 Å². The predicted octanol–water partition coefficient (Wildman–Crippen LogP) is 3.72. The van der Waals surface area contributed by atoms with Crippen molar-refractivity contribution in [2.24, 2.45) is 5.92 Å². The van der Waals surface area contributed by atoms with Crippen molar-refractivity contribution in [3.63, 3.8) is 0 Å². The van der Waals surface area contributed by atoms with E-state index in [1.807, 2.05) is 5.32 Å². The lowest BCUT2D eigenvalue weighted by Crippen LogP contribution is -2.59. The Balaban J connectivity index is 2.74. The molecule has 0 fully saturated rings. The fourth-order valence-corrected chi connectivity index (χ4v) is 3.23. The Labute approximate surface area is 174 Å². The van der Waals surface area contributed by atoms with Crippen LogP contribution < -0.4 is 5.32 Å². The Morgan fingerprint density at radius 3 is 2.19 bits per heavy atom. The summed E-state index contributed by atoms with van der Waals surface area (Å²) in [7, 11) is 0. The first-order valence-electron chi connectivity index (χ1n) is 9.00. The summed E-state index contributed by atoms with van der Waals surface area (Å²) in [6.07, 6.45) is -5.43. The maximum atomic E-state index is 14.5. The standard InChI is InChI=1S/C20H18F4N2O5/c1-2-31-18(28)16(17(27)25-15-11-7-6-10-14(15)21)19(12-26(29)30,20(22,23)24)13-8-4-3-5-9-13/h3-11,16H,2,12H2,1H3,(H,25,27). The highest BCUT2D eigenvalue weighted by Crippen LogP contribution is 2.48. The highest BCUT2D eigenvalue weighted by Gasteiger charge is 2.68. The van der Waals surface area contributed by atoms with E-state index in [4.69, 9.17) is 0 Å². The first kappa shape index (κ1) is 23.8. The van der Waals surface area contributed by atoms with Crippen molar-refractivity contribution >= 4 is 17.6 Å². The second-order valence-corrected chi connectivity index (χ2v) is 6.48. The second kappa shape index (κ2) is 9.54. The molecule has 0 aliphatic heterocycles. The number of nitrogens with one attached hydrogen (secondary N) is 1. The van der Waals surface area contributed by atoms with Crippen molar-refractivity contribution in [2.75, 3.05) is 18.5 Å². The van der Waals surface area contributed by atoms with Gasteiger partial charge in [-0.15, -0.1) is 0 Å². The van der Waals surface area contributed by atoms with Gasteiger partial charge in [0, 0.05) is 4.92 Å². The lowest BCUT2D eigenvalue weighted by Gasteiger charge is -2.37. The Morgan fingerprint density at radius 2 is 1.68 bits per heavy atom. The van der Waals surface area contributed by atoms with Crippen LogP contribution in [0.2, 0.25) is 0 Å². The molecule has 0 bridgehead atoms. The fraction of sp³-hybridized carbons (Fsp3) is 0.300. The molecule has 0 saturated carbocycles. The molecule has 2 aromatic rings. The quantitative estimate of drug-likeness (QED) is 0.221. The molecule has 31 heavy (non-hydrogen) atoms. The van der Waals surface area contributed by atoms with Gasteiger partial charge in [-0.05, 0) is 24.6 Å². The number of para-hydroxylation sites is 1. The van der Waals surface area contributed by atoms with E-state index in [0.717, 1.165) is 24.3 Å². The fourth-order valence-electron chi connectivity index (χ4n) is 3.23. The van der Waals surface area contributed by atoms with E-state index in [1.165, 1.54) is 37.3 Å². The van der Waals surface area contributed by atoms with E-state index in [0.29, 0.717) is 0 Å². The third kappa shape index (κ3) is 4.98. The number of hydrogen-bond donors (Lipinski definition) is 1. The number of rotatable bonds is 8. The van der Waals surface area contributed by atoms with Crippen LogP contribution in [0.25, 0.3) is 0 Å². The van der Waals surface area contributed by atoms with Gasteiger partial charge < -0.3 is 10.1 Å². The Bertz CT molecular complexity index is 952. The number of amides is 1. The molecule has 2 atom stereocenters. The number of alkyl halides is 3. The van der Waals surface area contributed by atoms with Crippen molar-refractivity contribution < 1.29 is 36.8 Å². The Kier molecular flexibility index (Phi) is 7.32. The number of carbonyl (C=O) groups is 2. The lowest BCUT2D eigenvalue weighted by molar-refractivity contribution is -0.503. The van der Waals surface area contributed by atoms with Gasteiger partial charge in [0.15, 0.2) is 11.3 Å². The molecule has 2 aromatic carbocycles. The van der Waals surface area contributed by atoms with Crippen LogP contribution in [-0.4, -0.2) is 36.1 Å². The summed E-state index contributed by atoms with van der Waals surface area (Å²) < 4.78 is 62.1. The molecule has 2 unspecified atom stereocenters. The van der Waals surface area contributed by atoms with Crippen LogP contribution in [0.3, 0.4) is 0 Å². The Hall–Kier alpha value is -3.50. The predicted molar refractivity (Wildman–Crippen MR) is 101 cm³/mol. The summed E-state index contributed by atoms with van der Waals surface area (Å²) >= 11 is 0. The van der Waals surface area contributed by atoms with Crippen molar-refractivity contribution in [1.82, 2.24) is 0 Å². The number of benzene rings is 2. The van der Waals surface area contributed by atoms with E-state index in [-0.39, 0.29) is 6.61 Å². The molecule has 0 spiro atoms. The molecule has 0 aliphatic carbocycles. The normalized spacial score (nSPS) is 14.2. The van der Waals surface area contributed by atoms with Crippen LogP contribution >= 0.6 is 0 Å². The number of carbonyl (C=O) groups excluding carboxylic acids is 2. The van der Waals surface area contributed by atoms with Crippen LogP contribution in [0, 0.1) is 21.8 Å². The van der Waals surface area contributed by atoms with Crippen molar-refractivity contribution in [2.45, 2.75) is 18.5 Å². The number of nitrogens with zero attached hydrogens (tertiary/aromatic N) is 1. The number of hydrogen-bond acceptors (Lipinski definition) is 5. The third-order valence-corrected chi connectivity index (χ3v) is 4.58. The highest BCUT2D eigenvalue weighted by molar-refractivity contribution is 6.06. The van der Waals surface area contributed by atoms with Gasteiger partial charge in [0.1, 0.15) is 5.82 Å². The molecular weight excluding hydrogens is 424 g/mol. The minimum atomic E-state index is -5.43. The summed E-state index contributed by atoms with van der Waals surface area (Å²) in [6, 6.07) is 10.2. The van der Waals surface area contributed by atoms with Gasteiger partial charge in [-0.2, -0.15) is 13.2 Å². The van der Waals surface area contributed by atoms with Crippen molar-refractivity contribution in [3.05, 3.63) is 76.1 Å². The summed E-state index contributed by atoms with van der Waals surface area (Å²) in [5.41, 5.74) is -4.74. The van der Waals surface area contributed by atoms with Gasteiger partial charge in [-0.25, -0.2) is 4.39 Å². The average molecular weight is 442 g/mol. The van der Waals surface area contributed by atoms with Gasteiger partial charge in [0.05, 0.1) is 12.3 Å². The summed E-state index contributed by atoms with van der Waals surface area (Å²) in [4.78, 5) is 35.6. The molecule has 0 heterocycles. The molecule has 0 radical (unpaired) electrons. The molecule has 0 saturated heterocycles. The lowest BCUT2D eigenvalue weighted by atomic mass is 9.68. The Morgan fingerprint density at radius 1 is 1.10 bits per heavy atom. The second-order valence-electron chi connectivity index (χ2n) is 6.48. The molecule has 0 aliphatic rings. The number of nitro groups is 1. The summed E-state index contributed by atoms with van der Waals surface area (Å²) in [5.74, 6) is -6.91. The van der Waals surface area contributed by atoms with Crippen molar-refractivity contribution in [3.8, 4) is 0 Å². The zero-order valence-corrected chi connectivity index (χ0v) is 16.2. The smallest absolute Gasteiger partial charge is 0.406 e. The van der Waals surface area contributed by atoms with Gasteiger partial charge in [-0.3, -0.25) is 19.7 Å². The molecule has 11 heteroatoms. The number of halogens is 4. The van der Waals surface area contributed by atoms with E-state index >= 15 is 0 Å². The number of esters is 1. The largest absolute Gasteiger partial charge is 0.465 e. The van der Waals surface area contributed by atoms with Gasteiger partial charge >= 0.3 is 12.1 Å². The molecule has 7 nitrogen and oxygen atoms in total. The first-order chi connectivity index (χ1) is 14.5. The van der Waals surface area contributed by atoms with E-state index in [9.17, 15) is 37.3 Å². The SMILES string of the molecule is CCOC(=O)C(C(=O)Nc1ccccc1F)C(C[N+](=O)[O-])(c1ccccc1)C(F)(F)F.